The number of rotatable bonds is 6. The first-order chi connectivity index (χ1) is 18.7. The second-order valence-electron chi connectivity index (χ2n) is 11.4. The molecule has 3 saturated heterocycles. The van der Waals surface area contributed by atoms with Crippen molar-refractivity contribution in [3.63, 3.8) is 0 Å². The van der Waals surface area contributed by atoms with Crippen LogP contribution in [0.15, 0.2) is 59.5 Å². The maximum atomic E-state index is 13.8. The van der Waals surface area contributed by atoms with Gasteiger partial charge in [0, 0.05) is 51.4 Å². The number of nitrogens with zero attached hydrogens (tertiary/aromatic N) is 3. The van der Waals surface area contributed by atoms with Gasteiger partial charge in [0.05, 0.1) is 17.4 Å². The number of ether oxygens (including phenoxy) is 1. The summed E-state index contributed by atoms with van der Waals surface area (Å²) < 4.78 is 28.8. The molecule has 3 heterocycles. The van der Waals surface area contributed by atoms with Gasteiger partial charge in [-0.2, -0.15) is 0 Å². The van der Waals surface area contributed by atoms with Gasteiger partial charge in [0.15, 0.2) is 9.84 Å². The van der Waals surface area contributed by atoms with E-state index in [1.165, 1.54) is 6.26 Å². The summed E-state index contributed by atoms with van der Waals surface area (Å²) in [4.78, 5) is 32.8. The fraction of sp³-hybridized carbons (Fsp3) is 0.533. The van der Waals surface area contributed by atoms with Gasteiger partial charge in [0.1, 0.15) is 0 Å². The van der Waals surface area contributed by atoms with E-state index >= 15 is 0 Å². The summed E-state index contributed by atoms with van der Waals surface area (Å²) >= 11 is 0. The standard InChI is InChI=1S/C30H39N3O5S/c1-3-38-29(35)33-20-26(24-7-5-4-6-8-24)27(21-33)28(34)32-17-14-30(15-18-32)13-16-31(22-30)19-23-9-11-25(12-10-23)39(2,36)37/h4-12,26-27H,3,13-22H2,1-2H3/t26-,27-/m1/s1. The van der Waals surface area contributed by atoms with E-state index in [2.05, 4.69) is 4.90 Å². The van der Waals surface area contributed by atoms with Gasteiger partial charge in [-0.05, 0) is 61.4 Å². The van der Waals surface area contributed by atoms with Crippen molar-refractivity contribution < 1.29 is 22.7 Å². The molecule has 0 radical (unpaired) electrons. The van der Waals surface area contributed by atoms with Crippen molar-refractivity contribution in [2.75, 3.05) is 52.1 Å². The molecule has 2 aromatic rings. The number of likely N-dealkylation sites (tertiary alicyclic amines) is 3. The average Bonchev–Trinajstić information content (AvgIpc) is 3.54. The van der Waals surface area contributed by atoms with Gasteiger partial charge >= 0.3 is 6.09 Å². The molecule has 0 aliphatic carbocycles. The van der Waals surface area contributed by atoms with Crippen LogP contribution in [-0.4, -0.2) is 87.2 Å². The van der Waals surface area contributed by atoms with Crippen molar-refractivity contribution in [1.29, 1.82) is 0 Å². The molecule has 2 atom stereocenters. The molecular weight excluding hydrogens is 514 g/mol. The lowest BCUT2D eigenvalue weighted by atomic mass is 9.77. The number of sulfone groups is 1. The summed E-state index contributed by atoms with van der Waals surface area (Å²) in [6.07, 6.45) is 3.96. The molecule has 5 rings (SSSR count). The zero-order valence-electron chi connectivity index (χ0n) is 22.9. The Kier molecular flexibility index (Phi) is 8.01. The van der Waals surface area contributed by atoms with Crippen molar-refractivity contribution in [3.8, 4) is 0 Å². The van der Waals surface area contributed by atoms with Crippen LogP contribution in [0.2, 0.25) is 0 Å². The summed E-state index contributed by atoms with van der Waals surface area (Å²) in [5.41, 5.74) is 2.42. The summed E-state index contributed by atoms with van der Waals surface area (Å²) in [7, 11) is -3.19. The fourth-order valence-electron chi connectivity index (χ4n) is 6.56. The predicted octanol–water partition coefficient (Wildman–Crippen LogP) is 3.78. The number of piperidine rings is 1. The number of amides is 2. The molecule has 3 aliphatic heterocycles. The van der Waals surface area contributed by atoms with E-state index in [1.807, 2.05) is 47.4 Å². The van der Waals surface area contributed by atoms with Gasteiger partial charge in [-0.25, -0.2) is 13.2 Å². The van der Waals surface area contributed by atoms with Crippen LogP contribution in [0.5, 0.6) is 0 Å². The molecule has 3 aliphatic rings. The molecule has 1 spiro atoms. The lowest BCUT2D eigenvalue weighted by Gasteiger charge is -2.40. The number of carbonyl (C=O) groups excluding carboxylic acids is 2. The minimum Gasteiger partial charge on any atom is -0.450 e. The maximum absolute atomic E-state index is 13.8. The van der Waals surface area contributed by atoms with Crippen molar-refractivity contribution in [2.45, 2.75) is 43.5 Å². The molecule has 3 fully saturated rings. The van der Waals surface area contributed by atoms with E-state index in [0.717, 1.165) is 63.1 Å². The lowest BCUT2D eigenvalue weighted by molar-refractivity contribution is -0.137. The summed E-state index contributed by atoms with van der Waals surface area (Å²) in [6.45, 7) is 7.31. The minimum atomic E-state index is -3.19. The molecular formula is C30H39N3O5S. The van der Waals surface area contributed by atoms with Crippen molar-refractivity contribution in [2.24, 2.45) is 11.3 Å². The largest absolute Gasteiger partial charge is 0.450 e. The number of benzene rings is 2. The van der Waals surface area contributed by atoms with Crippen LogP contribution in [-0.2, 0) is 25.9 Å². The predicted molar refractivity (Wildman–Crippen MR) is 149 cm³/mol. The van der Waals surface area contributed by atoms with E-state index in [4.69, 9.17) is 4.74 Å². The van der Waals surface area contributed by atoms with E-state index in [-0.39, 0.29) is 29.3 Å². The van der Waals surface area contributed by atoms with E-state index in [1.54, 1.807) is 24.0 Å². The first-order valence-electron chi connectivity index (χ1n) is 13.9. The van der Waals surface area contributed by atoms with Crippen LogP contribution < -0.4 is 0 Å². The van der Waals surface area contributed by atoms with E-state index < -0.39 is 9.84 Å². The van der Waals surface area contributed by atoms with Gasteiger partial charge in [0.25, 0.3) is 0 Å². The van der Waals surface area contributed by atoms with Crippen LogP contribution in [0.3, 0.4) is 0 Å². The zero-order chi connectivity index (χ0) is 27.6. The fourth-order valence-corrected chi connectivity index (χ4v) is 7.19. The highest BCUT2D eigenvalue weighted by Crippen LogP contribution is 2.42. The third-order valence-electron chi connectivity index (χ3n) is 8.80. The summed E-state index contributed by atoms with van der Waals surface area (Å²) in [5, 5.41) is 0. The second kappa shape index (κ2) is 11.3. The third kappa shape index (κ3) is 6.14. The minimum absolute atomic E-state index is 0.0324. The van der Waals surface area contributed by atoms with Crippen molar-refractivity contribution in [3.05, 3.63) is 65.7 Å². The molecule has 210 valence electrons. The van der Waals surface area contributed by atoms with Crippen LogP contribution in [0.25, 0.3) is 0 Å². The summed E-state index contributed by atoms with van der Waals surface area (Å²) in [6, 6.07) is 17.2. The van der Waals surface area contributed by atoms with Gasteiger partial charge in [-0.3, -0.25) is 9.69 Å². The zero-order valence-corrected chi connectivity index (χ0v) is 23.7. The Bertz CT molecular complexity index is 1270. The Morgan fingerprint density at radius 2 is 1.59 bits per heavy atom. The molecule has 0 saturated carbocycles. The Morgan fingerprint density at radius 1 is 0.923 bits per heavy atom. The number of hydrogen-bond acceptors (Lipinski definition) is 6. The van der Waals surface area contributed by atoms with Gasteiger partial charge in [-0.1, -0.05) is 42.5 Å². The smallest absolute Gasteiger partial charge is 0.409 e. The Labute approximate surface area is 231 Å². The topological polar surface area (TPSA) is 87.2 Å². The van der Waals surface area contributed by atoms with Crippen LogP contribution in [0, 0.1) is 11.3 Å². The Hall–Kier alpha value is -2.91. The molecule has 0 aromatic heterocycles. The monoisotopic (exact) mass is 553 g/mol. The summed E-state index contributed by atoms with van der Waals surface area (Å²) in [5.74, 6) is -0.151. The highest BCUT2D eigenvalue weighted by molar-refractivity contribution is 7.90. The van der Waals surface area contributed by atoms with Gasteiger partial charge in [-0.15, -0.1) is 0 Å². The molecule has 2 amide bonds. The first kappa shape index (κ1) is 27.6. The second-order valence-corrected chi connectivity index (χ2v) is 13.4. The quantitative estimate of drug-likeness (QED) is 0.541. The van der Waals surface area contributed by atoms with Gasteiger partial charge in [0.2, 0.25) is 5.91 Å². The molecule has 8 nitrogen and oxygen atoms in total. The van der Waals surface area contributed by atoms with Gasteiger partial charge < -0.3 is 14.5 Å². The Morgan fingerprint density at radius 3 is 2.23 bits per heavy atom. The van der Waals surface area contributed by atoms with Crippen molar-refractivity contribution in [1.82, 2.24) is 14.7 Å². The molecule has 0 N–H and O–H groups in total. The average molecular weight is 554 g/mol. The molecule has 0 unspecified atom stereocenters. The SMILES string of the molecule is CCOC(=O)N1C[C@H](c2ccccc2)[C@H](C(=O)N2CCC3(CCN(Cc4ccc(S(C)(=O)=O)cc4)C3)CC2)C1. The van der Waals surface area contributed by atoms with Crippen LogP contribution >= 0.6 is 0 Å². The first-order valence-corrected chi connectivity index (χ1v) is 15.8. The van der Waals surface area contributed by atoms with Crippen molar-refractivity contribution >= 4 is 21.8 Å². The van der Waals surface area contributed by atoms with E-state index in [9.17, 15) is 18.0 Å². The number of hydrogen-bond donors (Lipinski definition) is 0. The Balaban J connectivity index is 1.19. The maximum Gasteiger partial charge on any atom is 0.409 e. The molecule has 2 aromatic carbocycles. The molecule has 9 heteroatoms. The lowest BCUT2D eigenvalue weighted by Crippen LogP contribution is -2.47. The highest BCUT2D eigenvalue weighted by Gasteiger charge is 2.46. The molecule has 39 heavy (non-hydrogen) atoms. The highest BCUT2D eigenvalue weighted by atomic mass is 32.2. The molecule has 0 bridgehead atoms. The third-order valence-corrected chi connectivity index (χ3v) is 9.93. The van der Waals surface area contributed by atoms with Crippen LogP contribution in [0.4, 0.5) is 4.79 Å². The van der Waals surface area contributed by atoms with E-state index in [0.29, 0.717) is 24.6 Å². The van der Waals surface area contributed by atoms with Crippen LogP contribution in [0.1, 0.15) is 43.2 Å². The normalized spacial score (nSPS) is 23.3. The number of carbonyl (C=O) groups is 2.